The number of hydrogen-bond donors (Lipinski definition) is 2. The Morgan fingerprint density at radius 1 is 0.886 bits per heavy atom. The fraction of sp³-hybridized carbons (Fsp3) is 0.385. The molecule has 0 aromatic heterocycles. The van der Waals surface area contributed by atoms with Gasteiger partial charge in [-0.15, -0.1) is 0 Å². The van der Waals surface area contributed by atoms with Gasteiger partial charge < -0.3 is 16.0 Å². The minimum absolute atomic E-state index is 0.215. The summed E-state index contributed by atoms with van der Waals surface area (Å²) in [5, 5.41) is 2.95. The Balaban J connectivity index is 1.42. The Hall–Kier alpha value is -3.33. The van der Waals surface area contributed by atoms with Gasteiger partial charge in [0.05, 0.1) is 12.1 Å². The summed E-state index contributed by atoms with van der Waals surface area (Å²) >= 11 is 0. The van der Waals surface area contributed by atoms with Crippen LogP contribution in [0.2, 0.25) is 0 Å². The van der Waals surface area contributed by atoms with Gasteiger partial charge in [-0.05, 0) is 73.2 Å². The molecule has 1 heterocycles. The number of allylic oxidation sites excluding steroid dienone is 1. The molecule has 4 rings (SSSR count). The average Bonchev–Trinajstić information content (AvgIpc) is 2.84. The van der Waals surface area contributed by atoms with E-state index in [9.17, 15) is 22.8 Å². The predicted molar refractivity (Wildman–Crippen MR) is 130 cm³/mol. The molecule has 0 saturated carbocycles. The normalized spacial score (nSPS) is 17.4. The Morgan fingerprint density at radius 3 is 2.11 bits per heavy atom. The SMILES string of the molecule is NC(=O)CN1CCN(c2ccc(NC(=O)C3=C(c4ccc(C(F)(F)F)cc4)CCCC3)cc2)CC1. The van der Waals surface area contributed by atoms with E-state index in [4.69, 9.17) is 5.73 Å². The zero-order chi connectivity index (χ0) is 25.0. The van der Waals surface area contributed by atoms with E-state index in [-0.39, 0.29) is 18.4 Å². The van der Waals surface area contributed by atoms with Gasteiger partial charge in [-0.3, -0.25) is 14.5 Å². The molecule has 0 unspecified atom stereocenters. The molecule has 1 aliphatic carbocycles. The number of nitrogens with two attached hydrogens (primary N) is 1. The number of carbonyl (C=O) groups excluding carboxylic acids is 2. The third kappa shape index (κ3) is 6.22. The van der Waals surface area contributed by atoms with Gasteiger partial charge in [-0.1, -0.05) is 12.1 Å². The number of benzene rings is 2. The van der Waals surface area contributed by atoms with Crippen molar-refractivity contribution in [1.82, 2.24) is 4.90 Å². The van der Waals surface area contributed by atoms with Crippen molar-refractivity contribution in [2.75, 3.05) is 42.9 Å². The molecule has 0 spiro atoms. The van der Waals surface area contributed by atoms with Gasteiger partial charge in [0.15, 0.2) is 0 Å². The number of primary amides is 1. The van der Waals surface area contributed by atoms with E-state index in [1.165, 1.54) is 12.1 Å². The lowest BCUT2D eigenvalue weighted by atomic mass is 9.86. The summed E-state index contributed by atoms with van der Waals surface area (Å²) in [6, 6.07) is 12.6. The summed E-state index contributed by atoms with van der Waals surface area (Å²) in [5.41, 5.74) is 8.37. The highest BCUT2D eigenvalue weighted by Crippen LogP contribution is 2.35. The fourth-order valence-corrected chi connectivity index (χ4v) is 4.68. The second-order valence-electron chi connectivity index (χ2n) is 8.97. The first-order chi connectivity index (χ1) is 16.7. The van der Waals surface area contributed by atoms with Gasteiger partial charge in [-0.2, -0.15) is 13.2 Å². The second-order valence-corrected chi connectivity index (χ2v) is 8.97. The quantitative estimate of drug-likeness (QED) is 0.639. The summed E-state index contributed by atoms with van der Waals surface area (Å²) in [7, 11) is 0. The summed E-state index contributed by atoms with van der Waals surface area (Å²) < 4.78 is 38.8. The van der Waals surface area contributed by atoms with Gasteiger partial charge in [0, 0.05) is 43.1 Å². The second kappa shape index (κ2) is 10.5. The van der Waals surface area contributed by atoms with E-state index in [0.717, 1.165) is 62.4 Å². The van der Waals surface area contributed by atoms with Crippen molar-refractivity contribution in [1.29, 1.82) is 0 Å². The van der Waals surface area contributed by atoms with Crippen molar-refractivity contribution in [3.8, 4) is 0 Å². The Kier molecular flexibility index (Phi) is 7.45. The molecule has 3 N–H and O–H groups in total. The highest BCUT2D eigenvalue weighted by atomic mass is 19.4. The van der Waals surface area contributed by atoms with Crippen LogP contribution in [0.25, 0.3) is 5.57 Å². The molecule has 2 aliphatic rings. The molecule has 186 valence electrons. The number of piperazine rings is 1. The Morgan fingerprint density at radius 2 is 1.51 bits per heavy atom. The van der Waals surface area contributed by atoms with E-state index >= 15 is 0 Å². The molecule has 2 amide bonds. The molecular formula is C26H29F3N4O2. The van der Waals surface area contributed by atoms with Crippen LogP contribution < -0.4 is 16.0 Å². The standard InChI is InChI=1S/C26H29F3N4O2/c27-26(28,29)19-7-5-18(6-8-19)22-3-1-2-4-23(22)25(35)31-20-9-11-21(12-10-20)33-15-13-32(14-16-33)17-24(30)34/h5-12H,1-4,13-17H2,(H2,30,34)(H,31,35). The van der Waals surface area contributed by atoms with E-state index in [2.05, 4.69) is 10.2 Å². The molecule has 1 fully saturated rings. The number of anilines is 2. The molecule has 35 heavy (non-hydrogen) atoms. The van der Waals surface area contributed by atoms with Gasteiger partial charge in [-0.25, -0.2) is 0 Å². The van der Waals surface area contributed by atoms with Crippen LogP contribution in [0.4, 0.5) is 24.5 Å². The third-order valence-corrected chi connectivity index (χ3v) is 6.54. The number of halogens is 3. The molecule has 1 saturated heterocycles. The van der Waals surface area contributed by atoms with Crippen LogP contribution in [0.5, 0.6) is 0 Å². The van der Waals surface area contributed by atoms with E-state index < -0.39 is 11.7 Å². The first-order valence-corrected chi connectivity index (χ1v) is 11.8. The highest BCUT2D eigenvalue weighted by Gasteiger charge is 2.30. The van der Waals surface area contributed by atoms with Crippen molar-refractivity contribution >= 4 is 28.8 Å². The van der Waals surface area contributed by atoms with Crippen molar-refractivity contribution < 1.29 is 22.8 Å². The van der Waals surface area contributed by atoms with Crippen LogP contribution in [0, 0.1) is 0 Å². The average molecular weight is 487 g/mol. The van der Waals surface area contributed by atoms with Gasteiger partial charge >= 0.3 is 6.18 Å². The fourth-order valence-electron chi connectivity index (χ4n) is 4.68. The maximum atomic E-state index is 13.1. The number of nitrogens with zero attached hydrogens (tertiary/aromatic N) is 2. The zero-order valence-corrected chi connectivity index (χ0v) is 19.4. The minimum atomic E-state index is -4.39. The first-order valence-electron chi connectivity index (χ1n) is 11.8. The number of hydrogen-bond acceptors (Lipinski definition) is 4. The number of amides is 2. The Labute approximate surface area is 202 Å². The molecule has 0 atom stereocenters. The largest absolute Gasteiger partial charge is 0.416 e. The minimum Gasteiger partial charge on any atom is -0.369 e. The monoisotopic (exact) mass is 486 g/mol. The lowest BCUT2D eigenvalue weighted by Crippen LogP contribution is -2.48. The van der Waals surface area contributed by atoms with Crippen molar-refractivity contribution in [3.63, 3.8) is 0 Å². The number of alkyl halides is 3. The summed E-state index contributed by atoms with van der Waals surface area (Å²) in [6.45, 7) is 3.33. The van der Waals surface area contributed by atoms with E-state index in [1.54, 1.807) is 0 Å². The molecule has 6 nitrogen and oxygen atoms in total. The van der Waals surface area contributed by atoms with Crippen LogP contribution in [-0.4, -0.2) is 49.4 Å². The van der Waals surface area contributed by atoms with Gasteiger partial charge in [0.2, 0.25) is 5.91 Å². The molecule has 9 heteroatoms. The van der Waals surface area contributed by atoms with E-state index in [0.29, 0.717) is 29.7 Å². The highest BCUT2D eigenvalue weighted by molar-refractivity contribution is 6.09. The van der Waals surface area contributed by atoms with Crippen molar-refractivity contribution in [2.45, 2.75) is 31.9 Å². The van der Waals surface area contributed by atoms with Crippen LogP contribution in [-0.2, 0) is 15.8 Å². The van der Waals surface area contributed by atoms with Gasteiger partial charge in [0.1, 0.15) is 0 Å². The predicted octanol–water partition coefficient (Wildman–Crippen LogP) is 4.28. The molecule has 2 aromatic carbocycles. The number of carbonyl (C=O) groups is 2. The topological polar surface area (TPSA) is 78.7 Å². The third-order valence-electron chi connectivity index (χ3n) is 6.54. The van der Waals surface area contributed by atoms with Crippen LogP contribution in [0.1, 0.15) is 36.8 Å². The summed E-state index contributed by atoms with van der Waals surface area (Å²) in [6.07, 6.45) is -1.37. The lowest BCUT2D eigenvalue weighted by molar-refractivity contribution is -0.137. The van der Waals surface area contributed by atoms with Crippen LogP contribution in [0.15, 0.2) is 54.1 Å². The van der Waals surface area contributed by atoms with Crippen LogP contribution in [0.3, 0.4) is 0 Å². The summed E-state index contributed by atoms with van der Waals surface area (Å²) in [5.74, 6) is -0.541. The smallest absolute Gasteiger partial charge is 0.369 e. The van der Waals surface area contributed by atoms with Crippen LogP contribution >= 0.6 is 0 Å². The molecule has 0 radical (unpaired) electrons. The molecular weight excluding hydrogens is 457 g/mol. The van der Waals surface area contributed by atoms with Crippen molar-refractivity contribution in [3.05, 3.63) is 65.2 Å². The van der Waals surface area contributed by atoms with Crippen molar-refractivity contribution in [2.24, 2.45) is 5.73 Å². The van der Waals surface area contributed by atoms with Gasteiger partial charge in [0.25, 0.3) is 5.91 Å². The maximum Gasteiger partial charge on any atom is 0.416 e. The Bertz CT molecular complexity index is 1090. The number of rotatable bonds is 6. The molecule has 2 aromatic rings. The van der Waals surface area contributed by atoms with E-state index in [1.807, 2.05) is 29.2 Å². The first kappa shape index (κ1) is 24.8. The molecule has 1 aliphatic heterocycles. The molecule has 0 bridgehead atoms. The summed E-state index contributed by atoms with van der Waals surface area (Å²) in [4.78, 5) is 28.4. The maximum absolute atomic E-state index is 13.1. The lowest BCUT2D eigenvalue weighted by Gasteiger charge is -2.35. The number of nitrogens with one attached hydrogen (secondary N) is 1. The zero-order valence-electron chi connectivity index (χ0n) is 19.4.